The first-order valence-electron chi connectivity index (χ1n) is 20.4. The lowest BCUT2D eigenvalue weighted by molar-refractivity contribution is -0.199. The van der Waals surface area contributed by atoms with E-state index in [0.29, 0.717) is 31.1 Å². The van der Waals surface area contributed by atoms with Gasteiger partial charge in [-0.1, -0.05) is 13.8 Å². The van der Waals surface area contributed by atoms with E-state index in [4.69, 9.17) is 15.2 Å². The maximum Gasteiger partial charge on any atom is 0.306 e. The molecule has 0 saturated heterocycles. The number of rotatable bonds is 12. The number of phenolic OH excluding ortho intramolecular Hbond substituents is 2. The standard InChI is InChI=1S/C43H57N3O12/c1-21-31(48)9-7-29(39(21)54)45-34(50)12-14-37(53)58-33-20-24-26-6-5-25(22(2)47)42(26,3)18-16-27(24)43(4)17-15-23(19-28(33)43)57-36(52)13-11-35(51)46-30-8-10-32(49)38(40(30)55)41(44)56/h7-10,22-28,33,47-49,54-55H,5-6,11-20H2,1-4H3,(H2,44,56)(H,45,50)(H,46,51)/t22?,23-,24?,25?,26?,27?,28+,33-,42+,43+/m0/s1. The van der Waals surface area contributed by atoms with Crippen molar-refractivity contribution in [1.29, 1.82) is 0 Å². The summed E-state index contributed by atoms with van der Waals surface area (Å²) in [5, 5.41) is 56.1. The lowest BCUT2D eigenvalue weighted by Gasteiger charge is -2.62. The minimum atomic E-state index is -1.08. The number of aromatic hydroxyl groups is 4. The third kappa shape index (κ3) is 8.27. The van der Waals surface area contributed by atoms with E-state index in [1.54, 1.807) is 0 Å². The number of ether oxygens (including phenoxy) is 2. The molecule has 2 aromatic carbocycles. The summed E-state index contributed by atoms with van der Waals surface area (Å²) in [6.45, 7) is 7.97. The molecular formula is C43H57N3O12. The van der Waals surface area contributed by atoms with Gasteiger partial charge in [0.2, 0.25) is 11.8 Å². The minimum absolute atomic E-state index is 0.0342. The van der Waals surface area contributed by atoms with Gasteiger partial charge in [0.1, 0.15) is 35.0 Å². The summed E-state index contributed by atoms with van der Waals surface area (Å²) in [5.74, 6) is -3.96. The number of aliphatic hydroxyl groups excluding tert-OH is 1. The van der Waals surface area contributed by atoms with Crippen LogP contribution in [0, 0.1) is 47.3 Å². The number of nitrogens with one attached hydrogen (secondary N) is 2. The van der Waals surface area contributed by atoms with Crippen molar-refractivity contribution in [3.63, 3.8) is 0 Å². The smallest absolute Gasteiger partial charge is 0.306 e. The molecule has 4 aliphatic rings. The van der Waals surface area contributed by atoms with Crippen LogP contribution in [0.3, 0.4) is 0 Å². The van der Waals surface area contributed by atoms with Crippen molar-refractivity contribution in [3.05, 3.63) is 35.4 Å². The highest BCUT2D eigenvalue weighted by Crippen LogP contribution is 2.68. The molecule has 0 aromatic heterocycles. The average molecular weight is 808 g/mol. The number of carbonyl (C=O) groups is 5. The second-order valence-corrected chi connectivity index (χ2v) is 17.5. The quantitative estimate of drug-likeness (QED) is 0.0749. The van der Waals surface area contributed by atoms with Crippen LogP contribution in [0.4, 0.5) is 11.4 Å². The number of anilines is 2. The monoisotopic (exact) mass is 807 g/mol. The van der Waals surface area contributed by atoms with E-state index >= 15 is 0 Å². The molecule has 10 atom stereocenters. The summed E-state index contributed by atoms with van der Waals surface area (Å²) >= 11 is 0. The third-order valence-corrected chi connectivity index (χ3v) is 14.3. The van der Waals surface area contributed by atoms with Gasteiger partial charge >= 0.3 is 11.9 Å². The molecule has 6 rings (SSSR count). The largest absolute Gasteiger partial charge is 0.508 e. The van der Waals surface area contributed by atoms with Crippen molar-refractivity contribution < 1.29 is 59.0 Å². The summed E-state index contributed by atoms with van der Waals surface area (Å²) in [7, 11) is 0. The summed E-state index contributed by atoms with van der Waals surface area (Å²) in [4.78, 5) is 63.8. The fourth-order valence-electron chi connectivity index (χ4n) is 11.3. The first-order chi connectivity index (χ1) is 27.3. The number of fused-ring (bicyclic) bond motifs is 5. The molecule has 15 nitrogen and oxygen atoms in total. The van der Waals surface area contributed by atoms with Gasteiger partial charge in [-0.25, -0.2) is 0 Å². The van der Waals surface area contributed by atoms with E-state index in [-0.39, 0.29) is 82.7 Å². The van der Waals surface area contributed by atoms with Gasteiger partial charge in [-0.3, -0.25) is 24.0 Å². The van der Waals surface area contributed by atoms with Crippen molar-refractivity contribution in [1.82, 2.24) is 0 Å². The fraction of sp³-hybridized carbons (Fsp3) is 0.605. The Kier molecular flexibility index (Phi) is 12.2. The molecule has 0 heterocycles. The van der Waals surface area contributed by atoms with Gasteiger partial charge in [-0.2, -0.15) is 0 Å². The number of nitrogens with two attached hydrogens (primary N) is 1. The number of carbonyl (C=O) groups excluding carboxylic acids is 5. The molecule has 0 aliphatic heterocycles. The molecule has 15 heteroatoms. The van der Waals surface area contributed by atoms with Crippen molar-refractivity contribution in [3.8, 4) is 23.0 Å². The molecule has 0 radical (unpaired) electrons. The van der Waals surface area contributed by atoms with Crippen molar-refractivity contribution in [2.45, 2.75) is 123 Å². The second-order valence-electron chi connectivity index (χ2n) is 17.5. The van der Waals surface area contributed by atoms with Crippen LogP contribution in [0.15, 0.2) is 24.3 Å². The Morgan fingerprint density at radius 3 is 1.93 bits per heavy atom. The zero-order valence-electron chi connectivity index (χ0n) is 33.6. The normalized spacial score (nSPS) is 30.5. The van der Waals surface area contributed by atoms with E-state index in [9.17, 15) is 49.5 Å². The Bertz CT molecular complexity index is 1950. The molecule has 4 aliphatic carbocycles. The number of hydrogen-bond donors (Lipinski definition) is 8. The average Bonchev–Trinajstić information content (AvgIpc) is 3.53. The maximum absolute atomic E-state index is 13.5. The van der Waals surface area contributed by atoms with Gasteiger partial charge in [0.05, 0.1) is 30.3 Å². The number of amides is 3. The van der Waals surface area contributed by atoms with E-state index in [1.807, 2.05) is 6.92 Å². The van der Waals surface area contributed by atoms with Crippen LogP contribution < -0.4 is 16.4 Å². The minimum Gasteiger partial charge on any atom is -0.508 e. The molecule has 58 heavy (non-hydrogen) atoms. The molecule has 5 unspecified atom stereocenters. The molecule has 2 aromatic rings. The maximum atomic E-state index is 13.5. The van der Waals surface area contributed by atoms with Crippen molar-refractivity contribution >= 4 is 41.0 Å². The van der Waals surface area contributed by atoms with Gasteiger partial charge < -0.3 is 51.4 Å². The number of aliphatic hydroxyl groups is 1. The zero-order chi connectivity index (χ0) is 42.3. The van der Waals surface area contributed by atoms with E-state index in [0.717, 1.165) is 38.2 Å². The summed E-state index contributed by atoms with van der Waals surface area (Å²) in [6, 6.07) is 5.04. The summed E-state index contributed by atoms with van der Waals surface area (Å²) in [5.41, 5.74) is 4.60. The number of benzene rings is 2. The van der Waals surface area contributed by atoms with Crippen molar-refractivity contribution in [2.24, 2.45) is 46.2 Å². The van der Waals surface area contributed by atoms with E-state index in [2.05, 4.69) is 24.5 Å². The van der Waals surface area contributed by atoms with Gasteiger partial charge in [0.25, 0.3) is 5.91 Å². The molecule has 316 valence electrons. The molecule has 0 spiro atoms. The lowest BCUT2D eigenvalue weighted by Crippen LogP contribution is -2.59. The molecule has 3 amide bonds. The Balaban J connectivity index is 1.12. The molecule has 4 saturated carbocycles. The van der Waals surface area contributed by atoms with Crippen LogP contribution >= 0.6 is 0 Å². The second kappa shape index (κ2) is 16.7. The number of primary amides is 1. The molecule has 9 N–H and O–H groups in total. The molecular weight excluding hydrogens is 750 g/mol. The Morgan fingerprint density at radius 1 is 0.741 bits per heavy atom. The van der Waals surface area contributed by atoms with Gasteiger partial charge in [0, 0.05) is 24.3 Å². The number of hydrogen-bond acceptors (Lipinski definition) is 12. The highest BCUT2D eigenvalue weighted by Gasteiger charge is 2.63. The van der Waals surface area contributed by atoms with Gasteiger partial charge in [-0.05, 0) is 124 Å². The van der Waals surface area contributed by atoms with Crippen molar-refractivity contribution in [2.75, 3.05) is 10.6 Å². The third-order valence-electron chi connectivity index (χ3n) is 14.3. The SMILES string of the molecule is Cc1c(O)ccc(NC(=O)CCC(=O)O[C@H]2CC3C4CCC(C(C)O)[C@@]4(C)CCC3[C@@]3(C)CC[C@H](OC(=O)CCC(=O)Nc4ccc(O)c(C(N)=O)c4O)C[C@H]23)c1O. The van der Waals surface area contributed by atoms with Gasteiger partial charge in [-0.15, -0.1) is 0 Å². The fourth-order valence-corrected chi connectivity index (χ4v) is 11.3. The Morgan fingerprint density at radius 2 is 1.31 bits per heavy atom. The molecule has 0 bridgehead atoms. The topological polar surface area (TPSA) is 255 Å². The summed E-state index contributed by atoms with van der Waals surface area (Å²) in [6.07, 6.45) is 3.96. The van der Waals surface area contributed by atoms with Crippen LogP contribution in [0.1, 0.15) is 114 Å². The van der Waals surface area contributed by atoms with E-state index < -0.39 is 65.0 Å². The zero-order valence-corrected chi connectivity index (χ0v) is 33.6. The van der Waals surface area contributed by atoms with E-state index in [1.165, 1.54) is 25.1 Å². The summed E-state index contributed by atoms with van der Waals surface area (Å²) < 4.78 is 12.2. The highest BCUT2D eigenvalue weighted by molar-refractivity contribution is 6.02. The highest BCUT2D eigenvalue weighted by atomic mass is 16.6. The predicted octanol–water partition coefficient (Wildman–Crippen LogP) is 5.53. The first-order valence-corrected chi connectivity index (χ1v) is 20.4. The predicted molar refractivity (Wildman–Crippen MR) is 211 cm³/mol. The van der Waals surface area contributed by atoms with Gasteiger partial charge in [0.15, 0.2) is 5.75 Å². The van der Waals surface area contributed by atoms with Crippen LogP contribution in [0.5, 0.6) is 23.0 Å². The number of phenols is 4. The first kappa shape index (κ1) is 42.6. The van der Waals surface area contributed by atoms with Crippen LogP contribution in [-0.2, 0) is 28.7 Å². The molecule has 4 fully saturated rings. The van der Waals surface area contributed by atoms with Crippen LogP contribution in [0.25, 0.3) is 0 Å². The Labute approximate surface area is 337 Å². The van der Waals surface area contributed by atoms with Crippen LogP contribution in [0.2, 0.25) is 0 Å². The number of esters is 2. The Hall–Kier alpha value is -5.05. The lowest BCUT2D eigenvalue weighted by atomic mass is 9.44. The van der Waals surface area contributed by atoms with Crippen LogP contribution in [-0.4, -0.2) is 73.5 Å².